The summed E-state index contributed by atoms with van der Waals surface area (Å²) in [4.78, 5) is 34.5. The number of rotatable bonds is 6. The van der Waals surface area contributed by atoms with Crippen molar-refractivity contribution in [2.75, 3.05) is 0 Å². The largest absolute Gasteiger partial charge is 0.481 e. The smallest absolute Gasteiger partial charge is 0.321 e. The summed E-state index contributed by atoms with van der Waals surface area (Å²) in [5.74, 6) is -2.98. The molecule has 2 unspecified atom stereocenters. The van der Waals surface area contributed by atoms with Crippen molar-refractivity contribution >= 4 is 17.7 Å². The van der Waals surface area contributed by atoms with Crippen LogP contribution in [0.2, 0.25) is 0 Å². The summed E-state index contributed by atoms with van der Waals surface area (Å²) in [6, 6.07) is -2.76. The van der Waals surface area contributed by atoms with Crippen molar-refractivity contribution in [2.45, 2.75) is 24.9 Å². The van der Waals surface area contributed by atoms with E-state index in [1.807, 2.05) is 0 Å². The molecule has 3 atom stereocenters. The van der Waals surface area contributed by atoms with Crippen LogP contribution < -0.4 is 11.5 Å². The minimum atomic E-state index is -1.50. The minimum Gasteiger partial charge on any atom is -0.481 e. The third kappa shape index (κ3) is 3.07. The van der Waals surface area contributed by atoms with E-state index in [2.05, 4.69) is 5.11 Å². The fourth-order valence-corrected chi connectivity index (χ4v) is 2.04. The Hall–Kier alpha value is -1.99. The minimum absolute atomic E-state index is 0.0828. The standard InChI is InChI=1S/C12H16N2O5/c13-7(6-8(15)16)10(17)12(9(14)11(18)19)4-2-1-3-5-12/h1-4,7,9H,5-6,13-14H2,(H,15,16)(H,18,19)/t7-,9?,12?/m0/s1/i/hD. The van der Waals surface area contributed by atoms with Gasteiger partial charge in [-0.1, -0.05) is 24.3 Å². The lowest BCUT2D eigenvalue weighted by Gasteiger charge is -2.34. The van der Waals surface area contributed by atoms with Gasteiger partial charge in [0.25, 0.3) is 1.43 Å². The van der Waals surface area contributed by atoms with E-state index in [1.54, 1.807) is 12.2 Å². The van der Waals surface area contributed by atoms with Gasteiger partial charge in [0, 0.05) is 0 Å². The third-order valence-electron chi connectivity index (χ3n) is 3.10. The third-order valence-corrected chi connectivity index (χ3v) is 3.10. The van der Waals surface area contributed by atoms with Gasteiger partial charge >= 0.3 is 11.9 Å². The number of carbonyl (C=O) groups excluding carboxylic acids is 1. The van der Waals surface area contributed by atoms with Crippen LogP contribution in [0, 0.1) is 5.41 Å². The van der Waals surface area contributed by atoms with Crippen LogP contribution >= 0.6 is 0 Å². The molecule has 6 N–H and O–H groups in total. The Morgan fingerprint density at radius 3 is 2.53 bits per heavy atom. The highest BCUT2D eigenvalue weighted by atomic mass is 16.4. The number of Topliss-reactive ketones (excluding diaryl/α,β-unsaturated/α-hetero) is 1. The molecule has 0 radical (unpaired) electrons. The molecule has 0 bridgehead atoms. The van der Waals surface area contributed by atoms with Crippen molar-refractivity contribution in [2.24, 2.45) is 16.9 Å². The molecule has 1 rings (SSSR count). The van der Waals surface area contributed by atoms with Crippen molar-refractivity contribution in [3.63, 3.8) is 0 Å². The second kappa shape index (κ2) is 5.77. The lowest BCUT2D eigenvalue weighted by atomic mass is 9.69. The second-order valence-electron chi connectivity index (χ2n) is 4.39. The van der Waals surface area contributed by atoms with Gasteiger partial charge in [-0.05, 0) is 6.42 Å². The van der Waals surface area contributed by atoms with Gasteiger partial charge in [-0.25, -0.2) is 0 Å². The Morgan fingerprint density at radius 2 is 2.05 bits per heavy atom. The first-order valence-electron chi connectivity index (χ1n) is 6.04. The number of carboxylic acids is 2. The molecule has 0 aliphatic heterocycles. The summed E-state index contributed by atoms with van der Waals surface area (Å²) in [5, 5.41) is 12.8. The maximum absolute atomic E-state index is 12.4. The predicted molar refractivity (Wildman–Crippen MR) is 66.2 cm³/mol. The van der Waals surface area contributed by atoms with Crippen LogP contribution in [-0.2, 0) is 14.4 Å². The molecule has 104 valence electrons. The van der Waals surface area contributed by atoms with Crippen LogP contribution in [0.1, 0.15) is 12.8 Å². The summed E-state index contributed by atoms with van der Waals surface area (Å²) < 4.78 is 6.43. The Morgan fingerprint density at radius 1 is 1.37 bits per heavy atom. The van der Waals surface area contributed by atoms with Crippen LogP contribution in [0.3, 0.4) is 0 Å². The normalized spacial score (nSPS) is 25.3. The Bertz CT molecular complexity index is 476. The molecule has 0 spiro atoms. The molecule has 0 saturated heterocycles. The number of allylic oxidation sites excluding steroid dienone is 3. The van der Waals surface area contributed by atoms with Gasteiger partial charge in [0.05, 0.1) is 17.9 Å². The quantitative estimate of drug-likeness (QED) is 0.497. The molecular weight excluding hydrogens is 252 g/mol. The lowest BCUT2D eigenvalue weighted by molar-refractivity contribution is -0.146. The Balaban J connectivity index is 3.03. The molecule has 0 fully saturated rings. The average molecular weight is 269 g/mol. The van der Waals surface area contributed by atoms with Gasteiger partial charge in [0.15, 0.2) is 5.78 Å². The second-order valence-corrected chi connectivity index (χ2v) is 4.39. The van der Waals surface area contributed by atoms with Gasteiger partial charge in [-0.2, -0.15) is 0 Å². The molecule has 0 heterocycles. The molecule has 0 aromatic heterocycles. The highest BCUT2D eigenvalue weighted by Gasteiger charge is 2.47. The molecule has 0 saturated carbocycles. The summed E-state index contributed by atoms with van der Waals surface area (Å²) in [6.07, 6.45) is 5.74. The van der Waals surface area contributed by atoms with E-state index in [4.69, 9.17) is 18.0 Å². The molecule has 0 amide bonds. The van der Waals surface area contributed by atoms with Crippen molar-refractivity contribution in [3.05, 3.63) is 24.3 Å². The number of aliphatic carboxylic acids is 2. The highest BCUT2D eigenvalue weighted by molar-refractivity contribution is 5.98. The number of ketones is 1. The number of carbonyl (C=O) groups is 3. The Kier molecular flexibility index (Phi) is 4.08. The number of carboxylic acid groups (broad SMARTS) is 2. The molecule has 7 nitrogen and oxygen atoms in total. The SMILES string of the molecule is [2H]OC(=O)C[C@H](N)C(=O)C1(C(N)C(=O)O)C=CC=CC1. The number of hydrogen-bond donors (Lipinski definition) is 4. The van der Waals surface area contributed by atoms with Gasteiger partial charge in [-0.15, -0.1) is 0 Å². The fourth-order valence-electron chi connectivity index (χ4n) is 2.04. The molecule has 1 aliphatic carbocycles. The maximum atomic E-state index is 12.4. The van der Waals surface area contributed by atoms with Crippen molar-refractivity contribution in [3.8, 4) is 0 Å². The van der Waals surface area contributed by atoms with Crippen LogP contribution in [0.4, 0.5) is 0 Å². The van der Waals surface area contributed by atoms with E-state index in [0.29, 0.717) is 0 Å². The van der Waals surface area contributed by atoms with E-state index >= 15 is 0 Å². The topological polar surface area (TPSA) is 144 Å². The number of nitrogens with two attached hydrogens (primary N) is 2. The van der Waals surface area contributed by atoms with Crippen LogP contribution in [0.25, 0.3) is 1.43 Å². The van der Waals surface area contributed by atoms with Gasteiger partial charge in [0.2, 0.25) is 0 Å². The zero-order chi connectivity index (χ0) is 15.3. The maximum Gasteiger partial charge on any atom is 0.321 e. The molecule has 0 aromatic rings. The zero-order valence-electron chi connectivity index (χ0n) is 11.1. The van der Waals surface area contributed by atoms with Crippen molar-refractivity contribution in [1.82, 2.24) is 0 Å². The monoisotopic (exact) mass is 269 g/mol. The first-order chi connectivity index (χ1) is 9.35. The van der Waals surface area contributed by atoms with Crippen LogP contribution in [0.15, 0.2) is 24.3 Å². The van der Waals surface area contributed by atoms with Gasteiger partial charge in [0.1, 0.15) is 6.04 Å². The van der Waals surface area contributed by atoms with E-state index in [0.717, 1.165) is 0 Å². The van der Waals surface area contributed by atoms with Gasteiger partial charge in [-0.3, -0.25) is 14.4 Å². The van der Waals surface area contributed by atoms with Gasteiger partial charge < -0.3 is 21.7 Å². The highest BCUT2D eigenvalue weighted by Crippen LogP contribution is 2.33. The van der Waals surface area contributed by atoms with E-state index < -0.39 is 41.6 Å². The van der Waals surface area contributed by atoms with Crippen molar-refractivity contribution in [1.29, 1.82) is 1.43 Å². The zero-order valence-corrected chi connectivity index (χ0v) is 10.1. The number of hydrogen-bond acceptors (Lipinski definition) is 6. The van der Waals surface area contributed by atoms with E-state index in [9.17, 15) is 14.4 Å². The van der Waals surface area contributed by atoms with E-state index in [1.165, 1.54) is 12.2 Å². The first-order valence-corrected chi connectivity index (χ1v) is 5.64. The molecule has 0 aromatic carbocycles. The fraction of sp³-hybridized carbons (Fsp3) is 0.417. The lowest BCUT2D eigenvalue weighted by Crippen LogP contribution is -2.56. The van der Waals surface area contributed by atoms with Crippen LogP contribution in [0.5, 0.6) is 0 Å². The van der Waals surface area contributed by atoms with E-state index in [-0.39, 0.29) is 6.42 Å². The molecule has 19 heavy (non-hydrogen) atoms. The molecule has 1 aliphatic rings. The predicted octanol–water partition coefficient (Wildman–Crippen LogP) is -0.728. The molecule has 7 heteroatoms. The molecular formula is C12H16N2O5. The summed E-state index contributed by atoms with van der Waals surface area (Å²) >= 11 is 0. The average Bonchev–Trinajstić information content (AvgIpc) is 2.45. The Labute approximate surface area is 111 Å². The van der Waals surface area contributed by atoms with Crippen LogP contribution in [-0.4, -0.2) is 40.0 Å². The first kappa shape index (κ1) is 13.4. The summed E-state index contributed by atoms with van der Waals surface area (Å²) in [7, 11) is 0. The summed E-state index contributed by atoms with van der Waals surface area (Å²) in [6.45, 7) is 0. The summed E-state index contributed by atoms with van der Waals surface area (Å²) in [5.41, 5.74) is 9.72. The van der Waals surface area contributed by atoms with Crippen molar-refractivity contribution < 1.29 is 24.6 Å².